The van der Waals surface area contributed by atoms with Crippen molar-refractivity contribution in [2.24, 2.45) is 5.73 Å². The molecule has 0 fully saturated rings. The van der Waals surface area contributed by atoms with Gasteiger partial charge in [0.05, 0.1) is 13.2 Å². The Morgan fingerprint density at radius 2 is 2.00 bits per heavy atom. The number of pyridine rings is 1. The largest absolute Gasteiger partial charge is 0.383 e. The molecule has 0 aliphatic carbocycles. The highest BCUT2D eigenvalue weighted by Gasteiger charge is 2.15. The lowest BCUT2D eigenvalue weighted by molar-refractivity contribution is -0.118. The molecule has 0 aliphatic heterocycles. The molecule has 3 N–H and O–H groups in total. The van der Waals surface area contributed by atoms with E-state index in [0.717, 1.165) is 11.1 Å². The number of methoxy groups -OCH3 is 1. The zero-order valence-electron chi connectivity index (χ0n) is 13.3. The molecule has 1 atom stereocenters. The molecular formula is C17H21N3O3. The second-order valence-corrected chi connectivity index (χ2v) is 5.39. The van der Waals surface area contributed by atoms with Gasteiger partial charge in [-0.05, 0) is 24.6 Å². The van der Waals surface area contributed by atoms with Crippen molar-refractivity contribution in [3.05, 3.63) is 64.1 Å². The number of aryl methyl sites for hydroxylation is 1. The smallest absolute Gasteiger partial charge is 0.274 e. The molecule has 0 saturated heterocycles. The lowest BCUT2D eigenvalue weighted by Crippen LogP contribution is -2.40. The van der Waals surface area contributed by atoms with Gasteiger partial charge in [-0.1, -0.05) is 29.8 Å². The summed E-state index contributed by atoms with van der Waals surface area (Å²) in [5, 5.41) is 2.55. The number of anilines is 1. The van der Waals surface area contributed by atoms with Crippen molar-refractivity contribution in [1.82, 2.24) is 4.57 Å². The van der Waals surface area contributed by atoms with E-state index in [9.17, 15) is 9.59 Å². The van der Waals surface area contributed by atoms with Crippen molar-refractivity contribution < 1.29 is 9.53 Å². The summed E-state index contributed by atoms with van der Waals surface area (Å²) in [6.07, 6.45) is 1.69. The molecule has 0 bridgehead atoms. The highest BCUT2D eigenvalue weighted by atomic mass is 16.5. The van der Waals surface area contributed by atoms with Gasteiger partial charge in [-0.15, -0.1) is 0 Å². The van der Waals surface area contributed by atoms with Crippen LogP contribution in [-0.2, 0) is 16.1 Å². The maximum Gasteiger partial charge on any atom is 0.274 e. The average Bonchev–Trinajstić information content (AvgIpc) is 2.53. The Bertz CT molecular complexity index is 723. The van der Waals surface area contributed by atoms with Gasteiger partial charge in [-0.3, -0.25) is 9.59 Å². The van der Waals surface area contributed by atoms with E-state index in [1.165, 1.54) is 7.11 Å². The number of carbonyl (C=O) groups excluding carboxylic acids is 1. The fourth-order valence-corrected chi connectivity index (χ4v) is 2.13. The second-order valence-electron chi connectivity index (χ2n) is 5.39. The van der Waals surface area contributed by atoms with Crippen molar-refractivity contribution in [1.29, 1.82) is 0 Å². The lowest BCUT2D eigenvalue weighted by atomic mass is 10.1. The van der Waals surface area contributed by atoms with Crippen LogP contribution in [0.1, 0.15) is 11.1 Å². The summed E-state index contributed by atoms with van der Waals surface area (Å²) >= 11 is 0. The quantitative estimate of drug-likeness (QED) is 0.836. The minimum absolute atomic E-state index is 0.0935. The summed E-state index contributed by atoms with van der Waals surface area (Å²) in [5.41, 5.74) is 7.76. The minimum atomic E-state index is -0.815. The van der Waals surface area contributed by atoms with E-state index < -0.39 is 11.9 Å². The summed E-state index contributed by atoms with van der Waals surface area (Å²) in [4.78, 5) is 24.3. The van der Waals surface area contributed by atoms with Crippen LogP contribution in [0.15, 0.2) is 47.4 Å². The van der Waals surface area contributed by atoms with Gasteiger partial charge in [0.2, 0.25) is 5.91 Å². The topological polar surface area (TPSA) is 86.3 Å². The Kier molecular flexibility index (Phi) is 5.67. The van der Waals surface area contributed by atoms with Crippen LogP contribution in [0.4, 0.5) is 5.69 Å². The number of benzene rings is 1. The first-order chi connectivity index (χ1) is 11.0. The molecule has 2 aromatic rings. The van der Waals surface area contributed by atoms with E-state index in [4.69, 9.17) is 10.5 Å². The highest BCUT2D eigenvalue weighted by Crippen LogP contribution is 2.06. The van der Waals surface area contributed by atoms with Gasteiger partial charge < -0.3 is 20.4 Å². The van der Waals surface area contributed by atoms with E-state index in [1.54, 1.807) is 22.9 Å². The Morgan fingerprint density at radius 1 is 1.30 bits per heavy atom. The number of amides is 1. The summed E-state index contributed by atoms with van der Waals surface area (Å²) in [7, 11) is 1.46. The van der Waals surface area contributed by atoms with Crippen molar-refractivity contribution in [3.63, 3.8) is 0 Å². The van der Waals surface area contributed by atoms with Crippen molar-refractivity contribution >= 4 is 11.6 Å². The zero-order chi connectivity index (χ0) is 16.8. The van der Waals surface area contributed by atoms with E-state index in [2.05, 4.69) is 5.32 Å². The van der Waals surface area contributed by atoms with Crippen LogP contribution in [0.5, 0.6) is 0 Å². The van der Waals surface area contributed by atoms with Crippen LogP contribution in [0, 0.1) is 6.92 Å². The maximum atomic E-state index is 12.4. The Labute approximate surface area is 134 Å². The Morgan fingerprint density at radius 3 is 2.65 bits per heavy atom. The average molecular weight is 315 g/mol. The van der Waals surface area contributed by atoms with Gasteiger partial charge in [-0.25, -0.2) is 0 Å². The number of nitrogens with two attached hydrogens (primary N) is 1. The molecule has 6 nitrogen and oxygen atoms in total. The maximum absolute atomic E-state index is 12.4. The third-order valence-electron chi connectivity index (χ3n) is 3.43. The van der Waals surface area contributed by atoms with Crippen LogP contribution in [0.3, 0.4) is 0 Å². The summed E-state index contributed by atoms with van der Waals surface area (Å²) in [6.45, 7) is 2.54. The monoisotopic (exact) mass is 315 g/mol. The molecule has 122 valence electrons. The van der Waals surface area contributed by atoms with Gasteiger partial charge >= 0.3 is 0 Å². The number of rotatable bonds is 6. The van der Waals surface area contributed by atoms with E-state index in [1.807, 2.05) is 31.2 Å². The Balaban J connectivity index is 2.16. The number of hydrogen-bond donors (Lipinski definition) is 2. The molecule has 1 amide bonds. The molecule has 0 radical (unpaired) electrons. The van der Waals surface area contributed by atoms with Gasteiger partial charge in [-0.2, -0.15) is 0 Å². The standard InChI is InChI=1S/C17H21N3O3/c1-12-5-7-13(8-6-12)10-20-9-3-4-15(17(20)22)19-16(21)14(18)11-23-2/h3-9,14H,10-11,18H2,1-2H3,(H,19,21). The number of nitrogens with one attached hydrogen (secondary N) is 1. The number of carbonyl (C=O) groups is 1. The molecule has 1 heterocycles. The van der Waals surface area contributed by atoms with Crippen molar-refractivity contribution in [3.8, 4) is 0 Å². The summed E-state index contributed by atoms with van der Waals surface area (Å²) < 4.78 is 6.38. The molecule has 0 aliphatic rings. The van der Waals surface area contributed by atoms with E-state index >= 15 is 0 Å². The Hall–Kier alpha value is -2.44. The molecule has 0 saturated carbocycles. The van der Waals surface area contributed by atoms with Crippen molar-refractivity contribution in [2.75, 3.05) is 19.0 Å². The number of ether oxygens (including phenoxy) is 1. The fourth-order valence-electron chi connectivity index (χ4n) is 2.13. The molecule has 1 unspecified atom stereocenters. The predicted octanol–water partition coefficient (Wildman–Crippen LogP) is 1.12. The summed E-state index contributed by atoms with van der Waals surface area (Å²) in [6, 6.07) is 10.4. The second kappa shape index (κ2) is 7.71. The fraction of sp³-hybridized carbons (Fsp3) is 0.294. The van der Waals surface area contributed by atoms with Gasteiger partial charge in [0, 0.05) is 13.3 Å². The predicted molar refractivity (Wildman–Crippen MR) is 89.5 cm³/mol. The number of nitrogens with zero attached hydrogens (tertiary/aromatic N) is 1. The van der Waals surface area contributed by atoms with E-state index in [0.29, 0.717) is 6.54 Å². The number of hydrogen-bond acceptors (Lipinski definition) is 4. The zero-order valence-corrected chi connectivity index (χ0v) is 13.3. The summed E-state index contributed by atoms with van der Waals surface area (Å²) in [5.74, 6) is -0.447. The molecule has 1 aromatic heterocycles. The van der Waals surface area contributed by atoms with Crippen molar-refractivity contribution in [2.45, 2.75) is 19.5 Å². The first-order valence-electron chi connectivity index (χ1n) is 7.31. The number of aromatic nitrogens is 1. The molecule has 1 aromatic carbocycles. The highest BCUT2D eigenvalue weighted by molar-refractivity contribution is 5.94. The third-order valence-corrected chi connectivity index (χ3v) is 3.43. The van der Waals surface area contributed by atoms with Gasteiger partial charge in [0.15, 0.2) is 0 Å². The first-order valence-corrected chi connectivity index (χ1v) is 7.31. The van der Waals surface area contributed by atoms with Crippen LogP contribution in [0.2, 0.25) is 0 Å². The first kappa shape index (κ1) is 16.9. The lowest BCUT2D eigenvalue weighted by Gasteiger charge is -2.12. The van der Waals surface area contributed by atoms with Crippen LogP contribution in [-0.4, -0.2) is 30.2 Å². The third kappa shape index (κ3) is 4.51. The van der Waals surface area contributed by atoms with Gasteiger partial charge in [0.25, 0.3) is 5.56 Å². The molecule has 0 spiro atoms. The van der Waals surface area contributed by atoms with E-state index in [-0.39, 0.29) is 17.9 Å². The van der Waals surface area contributed by atoms with Crippen LogP contribution in [0.25, 0.3) is 0 Å². The minimum Gasteiger partial charge on any atom is -0.383 e. The normalized spacial score (nSPS) is 12.0. The van der Waals surface area contributed by atoms with Crippen LogP contribution < -0.4 is 16.6 Å². The molecule has 6 heteroatoms. The van der Waals surface area contributed by atoms with Gasteiger partial charge in [0.1, 0.15) is 11.7 Å². The molecule has 23 heavy (non-hydrogen) atoms. The SMILES string of the molecule is COCC(N)C(=O)Nc1cccn(Cc2ccc(C)cc2)c1=O. The molecular weight excluding hydrogens is 294 g/mol. The molecule has 2 rings (SSSR count). The van der Waals surface area contributed by atoms with Crippen LogP contribution >= 0.6 is 0 Å².